The number of anilines is 3. The molecule has 26 heavy (non-hydrogen) atoms. The van der Waals surface area contributed by atoms with Gasteiger partial charge in [-0.05, 0) is 19.9 Å². The summed E-state index contributed by atoms with van der Waals surface area (Å²) in [6.45, 7) is 2.62. The van der Waals surface area contributed by atoms with Gasteiger partial charge in [0.15, 0.2) is 5.82 Å². The number of hydrogen-bond donors (Lipinski definition) is 4. The van der Waals surface area contributed by atoms with Gasteiger partial charge < -0.3 is 15.5 Å². The van der Waals surface area contributed by atoms with E-state index in [9.17, 15) is 27.8 Å². The predicted octanol–water partition coefficient (Wildman–Crippen LogP) is 0.568. The standard InChI is InChI=1S/C14H14FN5O5S/c1-6-7(2)16-14(18-13(6)23)17-8-3-9(15)12(10(21)4-8)20-5-11(22)19-26(20,24)25/h3-4,21H,5H2,1-2H3,(H,19,22)(H2,16,17,18,23). The molecule has 1 fully saturated rings. The molecule has 1 aromatic carbocycles. The molecule has 1 amide bonds. The van der Waals surface area contributed by atoms with E-state index < -0.39 is 39.9 Å². The fourth-order valence-corrected chi connectivity index (χ4v) is 3.52. The van der Waals surface area contributed by atoms with E-state index >= 15 is 0 Å². The van der Waals surface area contributed by atoms with E-state index in [0.29, 0.717) is 15.6 Å². The summed E-state index contributed by atoms with van der Waals surface area (Å²) >= 11 is 0. The van der Waals surface area contributed by atoms with Crippen LogP contribution in [0.5, 0.6) is 11.6 Å². The molecule has 10 nitrogen and oxygen atoms in total. The molecule has 1 aliphatic rings. The van der Waals surface area contributed by atoms with Crippen molar-refractivity contribution in [1.29, 1.82) is 0 Å². The Labute approximate surface area is 147 Å². The summed E-state index contributed by atoms with van der Waals surface area (Å²) in [6.07, 6.45) is 0. The third kappa shape index (κ3) is 3.06. The zero-order valence-electron chi connectivity index (χ0n) is 13.6. The lowest BCUT2D eigenvalue weighted by Gasteiger charge is -2.18. The van der Waals surface area contributed by atoms with Gasteiger partial charge in [-0.2, -0.15) is 13.4 Å². The maximum Gasteiger partial charge on any atom is 0.326 e. The van der Waals surface area contributed by atoms with Crippen LogP contribution in [0.25, 0.3) is 0 Å². The number of halogens is 1. The summed E-state index contributed by atoms with van der Waals surface area (Å²) < 4.78 is 40.2. The minimum Gasteiger partial charge on any atom is -0.506 e. The van der Waals surface area contributed by atoms with Gasteiger partial charge in [-0.25, -0.2) is 18.4 Å². The predicted molar refractivity (Wildman–Crippen MR) is 88.9 cm³/mol. The second-order valence-corrected chi connectivity index (χ2v) is 7.16. The number of nitrogens with zero attached hydrogens (tertiary/aromatic N) is 3. The van der Waals surface area contributed by atoms with E-state index in [1.807, 2.05) is 0 Å². The number of aromatic nitrogens is 2. The first-order valence-electron chi connectivity index (χ1n) is 7.25. The molecule has 3 rings (SSSR count). The number of hydrogen-bond acceptors (Lipinski definition) is 8. The number of phenols is 1. The van der Waals surface area contributed by atoms with Crippen LogP contribution in [0.3, 0.4) is 0 Å². The minimum absolute atomic E-state index is 0.0160. The van der Waals surface area contributed by atoms with Gasteiger partial charge in [0, 0.05) is 23.0 Å². The molecule has 2 heterocycles. The van der Waals surface area contributed by atoms with Crippen molar-refractivity contribution in [3.05, 3.63) is 29.2 Å². The normalized spacial score (nSPS) is 15.8. The number of amides is 1. The van der Waals surface area contributed by atoms with Crippen molar-refractivity contribution in [2.75, 3.05) is 16.2 Å². The zero-order valence-corrected chi connectivity index (χ0v) is 14.4. The maximum absolute atomic E-state index is 14.4. The summed E-state index contributed by atoms with van der Waals surface area (Å²) in [4.78, 5) is 19.1. The molecule has 4 N–H and O–H groups in total. The monoisotopic (exact) mass is 383 g/mol. The Morgan fingerprint density at radius 3 is 2.50 bits per heavy atom. The van der Waals surface area contributed by atoms with Crippen LogP contribution in [0.1, 0.15) is 11.3 Å². The molecule has 0 aliphatic carbocycles. The minimum atomic E-state index is -4.27. The fourth-order valence-electron chi connectivity index (χ4n) is 2.35. The zero-order chi connectivity index (χ0) is 19.2. The van der Waals surface area contributed by atoms with Crippen molar-refractivity contribution in [2.45, 2.75) is 13.8 Å². The van der Waals surface area contributed by atoms with Gasteiger partial charge in [-0.15, -0.1) is 0 Å². The van der Waals surface area contributed by atoms with Crippen molar-refractivity contribution in [2.24, 2.45) is 0 Å². The molecular weight excluding hydrogens is 369 g/mol. The van der Waals surface area contributed by atoms with Gasteiger partial charge in [0.2, 0.25) is 11.8 Å². The lowest BCUT2D eigenvalue weighted by molar-refractivity contribution is -0.117. The van der Waals surface area contributed by atoms with Crippen molar-refractivity contribution in [3.8, 4) is 11.6 Å². The van der Waals surface area contributed by atoms with E-state index in [1.54, 1.807) is 18.6 Å². The van der Waals surface area contributed by atoms with Gasteiger partial charge in [0.1, 0.15) is 18.0 Å². The third-order valence-corrected chi connectivity index (χ3v) is 5.11. The summed E-state index contributed by atoms with van der Waals surface area (Å²) in [6, 6.07) is 1.95. The Morgan fingerprint density at radius 2 is 1.96 bits per heavy atom. The molecule has 0 unspecified atom stereocenters. The highest BCUT2D eigenvalue weighted by Crippen LogP contribution is 2.36. The van der Waals surface area contributed by atoms with Crippen LogP contribution in [0, 0.1) is 19.7 Å². The van der Waals surface area contributed by atoms with Crippen molar-refractivity contribution < 1.29 is 27.8 Å². The number of nitrogens with one attached hydrogen (secondary N) is 2. The summed E-state index contributed by atoms with van der Waals surface area (Å²) in [5.74, 6) is -2.93. The fraction of sp³-hybridized carbons (Fsp3) is 0.214. The third-order valence-electron chi connectivity index (χ3n) is 3.73. The summed E-state index contributed by atoms with van der Waals surface area (Å²) in [5.41, 5.74) is 0.338. The first-order valence-corrected chi connectivity index (χ1v) is 8.69. The van der Waals surface area contributed by atoms with E-state index in [1.165, 1.54) is 0 Å². The first kappa shape index (κ1) is 17.7. The van der Waals surface area contributed by atoms with E-state index in [2.05, 4.69) is 15.3 Å². The van der Waals surface area contributed by atoms with Crippen molar-refractivity contribution >= 4 is 33.4 Å². The van der Waals surface area contributed by atoms with Gasteiger partial charge in [-0.1, -0.05) is 0 Å². The molecule has 1 saturated heterocycles. The first-order chi connectivity index (χ1) is 12.1. The van der Waals surface area contributed by atoms with Crippen molar-refractivity contribution in [1.82, 2.24) is 14.7 Å². The highest BCUT2D eigenvalue weighted by atomic mass is 32.2. The molecule has 1 aromatic heterocycles. The van der Waals surface area contributed by atoms with Crippen LogP contribution < -0.4 is 14.3 Å². The average molecular weight is 383 g/mol. The van der Waals surface area contributed by atoms with Gasteiger partial charge in [0.05, 0.1) is 0 Å². The second-order valence-electron chi connectivity index (χ2n) is 5.57. The molecule has 0 spiro atoms. The van der Waals surface area contributed by atoms with Crippen LogP contribution in [-0.2, 0) is 15.0 Å². The summed E-state index contributed by atoms with van der Waals surface area (Å²) in [5, 5.41) is 22.4. The quantitative estimate of drug-likeness (QED) is 0.602. The average Bonchev–Trinajstić information content (AvgIpc) is 2.76. The molecule has 0 atom stereocenters. The number of aromatic hydroxyl groups is 2. The van der Waals surface area contributed by atoms with Crippen molar-refractivity contribution in [3.63, 3.8) is 0 Å². The lowest BCUT2D eigenvalue weighted by Crippen LogP contribution is -2.30. The van der Waals surface area contributed by atoms with Crippen LogP contribution >= 0.6 is 0 Å². The molecule has 0 bridgehead atoms. The molecule has 12 heteroatoms. The number of benzene rings is 1. The Morgan fingerprint density at radius 1 is 1.27 bits per heavy atom. The molecule has 138 valence electrons. The Balaban J connectivity index is 1.97. The number of phenolic OH excluding ortho intramolecular Hbond substituents is 1. The largest absolute Gasteiger partial charge is 0.506 e. The highest BCUT2D eigenvalue weighted by molar-refractivity contribution is 7.92. The maximum atomic E-state index is 14.4. The number of aryl methyl sites for hydroxylation is 1. The number of carbonyl (C=O) groups excluding carboxylic acids is 1. The Kier molecular flexibility index (Phi) is 4.06. The second kappa shape index (κ2) is 5.98. The molecular formula is C14H14FN5O5S. The van der Waals surface area contributed by atoms with Crippen LogP contribution in [0.2, 0.25) is 0 Å². The molecule has 0 radical (unpaired) electrons. The van der Waals surface area contributed by atoms with E-state index in [4.69, 9.17) is 0 Å². The SMILES string of the molecule is Cc1nc(Nc2cc(O)c(N3CC(=O)NS3(=O)=O)c(F)c2)nc(O)c1C. The molecule has 0 saturated carbocycles. The van der Waals surface area contributed by atoms with E-state index in [0.717, 1.165) is 12.1 Å². The smallest absolute Gasteiger partial charge is 0.326 e. The Bertz CT molecular complexity index is 980. The lowest BCUT2D eigenvalue weighted by atomic mass is 10.2. The van der Waals surface area contributed by atoms with Crippen LogP contribution in [-0.4, -0.2) is 41.1 Å². The number of rotatable bonds is 3. The highest BCUT2D eigenvalue weighted by Gasteiger charge is 2.37. The van der Waals surface area contributed by atoms with Gasteiger partial charge in [0.25, 0.3) is 5.91 Å². The Hall–Kier alpha value is -3.15. The van der Waals surface area contributed by atoms with Crippen LogP contribution in [0.15, 0.2) is 12.1 Å². The van der Waals surface area contributed by atoms with Gasteiger partial charge in [-0.3, -0.25) is 4.79 Å². The molecule has 1 aliphatic heterocycles. The number of carbonyl (C=O) groups is 1. The van der Waals surface area contributed by atoms with Crippen LogP contribution in [0.4, 0.5) is 21.7 Å². The molecule has 2 aromatic rings. The topological polar surface area (TPSA) is 145 Å². The summed E-state index contributed by atoms with van der Waals surface area (Å²) in [7, 11) is -4.27. The van der Waals surface area contributed by atoms with Gasteiger partial charge >= 0.3 is 10.2 Å². The van der Waals surface area contributed by atoms with E-state index in [-0.39, 0.29) is 17.5 Å².